The van der Waals surface area contributed by atoms with E-state index in [2.05, 4.69) is 24.3 Å². The second kappa shape index (κ2) is 10.0. The minimum absolute atomic E-state index is 0.0151. The van der Waals surface area contributed by atoms with Crippen molar-refractivity contribution in [3.8, 4) is 11.1 Å². The van der Waals surface area contributed by atoms with Crippen LogP contribution >= 0.6 is 0 Å². The second-order valence-electron chi connectivity index (χ2n) is 10.3. The largest absolute Gasteiger partial charge is 0.465 e. The standard InChI is InChI=1S/C31H28N2O6/c1-38-30(34)21-13-19(16-24(17-21)33(36)37)20-14-22-7-6-8-23(15-20)32(22)31(35)39-18-29-27-11-4-2-9-25(27)26-10-3-5-12-28(26)29/h2-5,9-14,16-17,22-23,29H,6-8,15,18H2,1H3. The molecular weight excluding hydrogens is 496 g/mol. The van der Waals surface area contributed by atoms with Gasteiger partial charge >= 0.3 is 12.1 Å². The van der Waals surface area contributed by atoms with Crippen molar-refractivity contribution in [1.29, 1.82) is 0 Å². The first-order valence-electron chi connectivity index (χ1n) is 13.2. The molecule has 3 aromatic carbocycles. The Bertz CT molecular complexity index is 1470. The van der Waals surface area contributed by atoms with Gasteiger partial charge in [0, 0.05) is 24.1 Å². The molecule has 6 rings (SSSR count). The number of hydrogen-bond acceptors (Lipinski definition) is 6. The van der Waals surface area contributed by atoms with Gasteiger partial charge in [-0.3, -0.25) is 15.0 Å². The summed E-state index contributed by atoms with van der Waals surface area (Å²) < 4.78 is 10.8. The number of methoxy groups -OCH3 is 1. The number of hydrogen-bond donors (Lipinski definition) is 0. The van der Waals surface area contributed by atoms with Gasteiger partial charge in [0.25, 0.3) is 5.69 Å². The van der Waals surface area contributed by atoms with Crippen LogP contribution in [0.5, 0.6) is 0 Å². The number of benzene rings is 3. The van der Waals surface area contributed by atoms with Gasteiger partial charge in [-0.15, -0.1) is 0 Å². The molecule has 2 heterocycles. The fourth-order valence-corrected chi connectivity index (χ4v) is 6.33. The predicted molar refractivity (Wildman–Crippen MR) is 145 cm³/mol. The van der Waals surface area contributed by atoms with E-state index in [1.54, 1.807) is 6.07 Å². The Morgan fingerprint density at radius 2 is 1.69 bits per heavy atom. The first kappa shape index (κ1) is 24.9. The first-order chi connectivity index (χ1) is 18.9. The Labute approximate surface area is 226 Å². The fourth-order valence-electron chi connectivity index (χ4n) is 6.33. The van der Waals surface area contributed by atoms with E-state index in [1.165, 1.54) is 41.5 Å². The number of non-ortho nitro benzene ring substituents is 1. The summed E-state index contributed by atoms with van der Waals surface area (Å²) >= 11 is 0. The Kier molecular flexibility index (Phi) is 6.38. The Hall–Kier alpha value is -4.46. The molecule has 0 aromatic heterocycles. The van der Waals surface area contributed by atoms with Crippen LogP contribution in [0.4, 0.5) is 10.5 Å². The number of piperidine rings is 1. The summed E-state index contributed by atoms with van der Waals surface area (Å²) in [6.07, 6.45) is 4.77. The number of amides is 1. The monoisotopic (exact) mass is 524 g/mol. The summed E-state index contributed by atoms with van der Waals surface area (Å²) in [6, 6.07) is 20.6. The molecule has 39 heavy (non-hydrogen) atoms. The van der Waals surface area contributed by atoms with Crippen molar-refractivity contribution >= 4 is 23.3 Å². The van der Waals surface area contributed by atoms with Crippen LogP contribution in [0.3, 0.4) is 0 Å². The average Bonchev–Trinajstić information content (AvgIpc) is 3.28. The quantitative estimate of drug-likeness (QED) is 0.219. The normalized spacial score (nSPS) is 19.5. The lowest BCUT2D eigenvalue weighted by molar-refractivity contribution is -0.384. The molecular formula is C31H28N2O6. The smallest absolute Gasteiger partial charge is 0.410 e. The van der Waals surface area contributed by atoms with Crippen molar-refractivity contribution in [2.45, 2.75) is 43.7 Å². The first-order valence-corrected chi connectivity index (χ1v) is 13.2. The van der Waals surface area contributed by atoms with Gasteiger partial charge in [0.1, 0.15) is 6.61 Å². The Morgan fingerprint density at radius 1 is 1.00 bits per heavy atom. The van der Waals surface area contributed by atoms with E-state index in [-0.39, 0.29) is 42.0 Å². The summed E-state index contributed by atoms with van der Waals surface area (Å²) in [5, 5.41) is 11.5. The third-order valence-corrected chi connectivity index (χ3v) is 8.10. The van der Waals surface area contributed by atoms with E-state index >= 15 is 0 Å². The minimum Gasteiger partial charge on any atom is -0.465 e. The highest BCUT2D eigenvalue weighted by Gasteiger charge is 2.39. The summed E-state index contributed by atoms with van der Waals surface area (Å²) in [5.74, 6) is -0.643. The molecule has 198 valence electrons. The zero-order chi connectivity index (χ0) is 27.1. The zero-order valence-electron chi connectivity index (χ0n) is 21.5. The number of fused-ring (bicyclic) bond motifs is 5. The lowest BCUT2D eigenvalue weighted by Gasteiger charge is -2.44. The third kappa shape index (κ3) is 4.46. The van der Waals surface area contributed by atoms with Gasteiger partial charge < -0.3 is 9.47 Å². The molecule has 1 amide bonds. The maximum absolute atomic E-state index is 13.5. The Balaban J connectivity index is 1.24. The molecule has 2 unspecified atom stereocenters. The molecule has 0 N–H and O–H groups in total. The van der Waals surface area contributed by atoms with Crippen LogP contribution < -0.4 is 0 Å². The number of nitro benzene ring substituents is 1. The highest BCUT2D eigenvalue weighted by atomic mass is 16.6. The van der Waals surface area contributed by atoms with Gasteiger partial charge in [0.05, 0.1) is 23.6 Å². The van der Waals surface area contributed by atoms with Crippen LogP contribution in [-0.4, -0.2) is 47.7 Å². The molecule has 3 aromatic rings. The molecule has 1 aliphatic carbocycles. The summed E-state index contributed by atoms with van der Waals surface area (Å²) in [6.45, 7) is 0.257. The van der Waals surface area contributed by atoms with Crippen LogP contribution in [0.25, 0.3) is 16.7 Å². The van der Waals surface area contributed by atoms with Crippen LogP contribution in [0.15, 0.2) is 72.8 Å². The van der Waals surface area contributed by atoms with E-state index in [9.17, 15) is 19.7 Å². The number of carbonyl (C=O) groups is 2. The second-order valence-corrected chi connectivity index (χ2v) is 10.3. The van der Waals surface area contributed by atoms with Crippen LogP contribution in [0.2, 0.25) is 0 Å². The summed E-state index contributed by atoms with van der Waals surface area (Å²) in [7, 11) is 1.25. The van der Waals surface area contributed by atoms with Gasteiger partial charge in [0.2, 0.25) is 0 Å². The summed E-state index contributed by atoms with van der Waals surface area (Å²) in [4.78, 5) is 38.5. The van der Waals surface area contributed by atoms with Crippen molar-refractivity contribution in [2.24, 2.45) is 0 Å². The van der Waals surface area contributed by atoms with E-state index in [1.807, 2.05) is 35.2 Å². The van der Waals surface area contributed by atoms with Gasteiger partial charge in [-0.2, -0.15) is 0 Å². The van der Waals surface area contributed by atoms with Crippen molar-refractivity contribution in [2.75, 3.05) is 13.7 Å². The topological polar surface area (TPSA) is 99.0 Å². The molecule has 1 fully saturated rings. The molecule has 2 aliphatic heterocycles. The highest BCUT2D eigenvalue weighted by molar-refractivity contribution is 5.92. The maximum atomic E-state index is 13.5. The molecule has 0 spiro atoms. The lowest BCUT2D eigenvalue weighted by atomic mass is 9.82. The van der Waals surface area contributed by atoms with Gasteiger partial charge in [-0.25, -0.2) is 9.59 Å². The number of rotatable bonds is 5. The fraction of sp³-hybridized carbons (Fsp3) is 0.290. The number of carbonyl (C=O) groups excluding carboxylic acids is 2. The van der Waals surface area contributed by atoms with Gasteiger partial charge in [-0.1, -0.05) is 54.6 Å². The van der Waals surface area contributed by atoms with Gasteiger partial charge in [0.15, 0.2) is 0 Å². The molecule has 8 heteroatoms. The lowest BCUT2D eigenvalue weighted by Crippen LogP contribution is -2.51. The van der Waals surface area contributed by atoms with Crippen LogP contribution in [0, 0.1) is 10.1 Å². The number of nitrogens with zero attached hydrogens (tertiary/aromatic N) is 2. The van der Waals surface area contributed by atoms with E-state index in [0.717, 1.165) is 24.8 Å². The minimum atomic E-state index is -0.628. The molecule has 2 bridgehead atoms. The zero-order valence-corrected chi connectivity index (χ0v) is 21.5. The van der Waals surface area contributed by atoms with E-state index in [0.29, 0.717) is 12.0 Å². The van der Waals surface area contributed by atoms with Crippen LogP contribution in [-0.2, 0) is 9.47 Å². The highest BCUT2D eigenvalue weighted by Crippen LogP contribution is 2.45. The molecule has 8 nitrogen and oxygen atoms in total. The molecule has 1 saturated heterocycles. The van der Waals surface area contributed by atoms with Crippen molar-refractivity contribution in [3.63, 3.8) is 0 Å². The summed E-state index contributed by atoms with van der Waals surface area (Å²) in [5.41, 5.74) is 6.15. The number of nitro groups is 1. The van der Waals surface area contributed by atoms with Crippen molar-refractivity contribution < 1.29 is 24.0 Å². The van der Waals surface area contributed by atoms with Crippen molar-refractivity contribution in [1.82, 2.24) is 4.90 Å². The van der Waals surface area contributed by atoms with Crippen LogP contribution in [0.1, 0.15) is 58.6 Å². The molecule has 0 radical (unpaired) electrons. The average molecular weight is 525 g/mol. The van der Waals surface area contributed by atoms with E-state index in [4.69, 9.17) is 9.47 Å². The number of esters is 1. The number of ether oxygens (including phenoxy) is 2. The molecule has 2 atom stereocenters. The third-order valence-electron chi connectivity index (χ3n) is 8.10. The van der Waals surface area contributed by atoms with Gasteiger partial charge in [-0.05, 0) is 65.1 Å². The van der Waals surface area contributed by atoms with Crippen molar-refractivity contribution in [3.05, 3.63) is 105 Å². The Morgan fingerprint density at radius 3 is 2.33 bits per heavy atom. The predicted octanol–water partition coefficient (Wildman–Crippen LogP) is 6.34. The molecule has 0 saturated carbocycles. The SMILES string of the molecule is COC(=O)c1cc(C2=CC3CCCC(C2)N3C(=O)OCC2c3ccccc3-c3ccccc32)cc([N+](=O)[O-])c1. The van der Waals surface area contributed by atoms with E-state index < -0.39 is 10.9 Å². The molecule has 3 aliphatic rings. The maximum Gasteiger partial charge on any atom is 0.410 e.